The highest BCUT2D eigenvalue weighted by atomic mass is 32.2. The molecule has 0 fully saturated rings. The molecule has 4 rings (SSSR count). The molecule has 0 saturated heterocycles. The number of carbonyl (C=O) groups is 2. The molecule has 0 aliphatic heterocycles. The molecule has 0 spiro atoms. The number of amides is 2. The number of rotatable bonds is 9. The van der Waals surface area contributed by atoms with Gasteiger partial charge in [-0.3, -0.25) is 9.59 Å². The number of aromatic nitrogens is 2. The van der Waals surface area contributed by atoms with Crippen LogP contribution in [-0.4, -0.2) is 34.9 Å². The summed E-state index contributed by atoms with van der Waals surface area (Å²) in [5, 5.41) is 17.8. The summed E-state index contributed by atoms with van der Waals surface area (Å²) in [5.41, 5.74) is 3.76. The minimum Gasteiger partial charge on any atom is -0.495 e. The van der Waals surface area contributed by atoms with Crippen molar-refractivity contribution in [3.05, 3.63) is 83.9 Å². The number of nitrogens with one attached hydrogen (secondary N) is 3. The Kier molecular flexibility index (Phi) is 7.96. The third-order valence-electron chi connectivity index (χ3n) is 4.82. The van der Waals surface area contributed by atoms with Gasteiger partial charge in [-0.1, -0.05) is 52.9 Å². The molecule has 3 aromatic carbocycles. The molecule has 0 bridgehead atoms. The van der Waals surface area contributed by atoms with Crippen LogP contribution in [-0.2, 0) is 4.79 Å². The zero-order chi connectivity index (χ0) is 24.6. The van der Waals surface area contributed by atoms with Crippen LogP contribution in [0.2, 0.25) is 0 Å². The molecule has 0 atom stereocenters. The van der Waals surface area contributed by atoms with Gasteiger partial charge in [-0.05, 0) is 55.5 Å². The van der Waals surface area contributed by atoms with Gasteiger partial charge in [0.2, 0.25) is 11.0 Å². The average molecular weight is 506 g/mol. The van der Waals surface area contributed by atoms with Crippen molar-refractivity contribution in [3.63, 3.8) is 0 Å². The van der Waals surface area contributed by atoms with Crippen molar-refractivity contribution >= 4 is 57.1 Å². The quantitative estimate of drug-likeness (QED) is 0.255. The first-order valence-electron chi connectivity index (χ1n) is 10.6. The molecule has 2 amide bonds. The summed E-state index contributed by atoms with van der Waals surface area (Å²) in [4.78, 5) is 24.9. The Balaban J connectivity index is 1.26. The van der Waals surface area contributed by atoms with Gasteiger partial charge in [0.05, 0.1) is 18.6 Å². The molecule has 8 nitrogen and oxygen atoms in total. The second-order valence-electron chi connectivity index (χ2n) is 7.43. The molecule has 3 N–H and O–H groups in total. The van der Waals surface area contributed by atoms with E-state index in [2.05, 4.69) is 26.1 Å². The van der Waals surface area contributed by atoms with E-state index in [0.29, 0.717) is 32.2 Å². The van der Waals surface area contributed by atoms with Gasteiger partial charge >= 0.3 is 0 Å². The second-order valence-corrected chi connectivity index (χ2v) is 9.63. The maximum absolute atomic E-state index is 12.5. The molecule has 1 heterocycles. The zero-order valence-corrected chi connectivity index (χ0v) is 20.7. The van der Waals surface area contributed by atoms with E-state index in [1.165, 1.54) is 28.7 Å². The highest BCUT2D eigenvalue weighted by Crippen LogP contribution is 2.28. The van der Waals surface area contributed by atoms with Crippen LogP contribution in [0, 0.1) is 6.92 Å². The molecule has 178 valence electrons. The number of ether oxygens (including phenoxy) is 1. The Morgan fingerprint density at radius 3 is 2.37 bits per heavy atom. The zero-order valence-electron chi connectivity index (χ0n) is 19.1. The molecular weight excluding hydrogens is 482 g/mol. The van der Waals surface area contributed by atoms with E-state index >= 15 is 0 Å². The number of carbonyl (C=O) groups excluding carboxylic acids is 2. The van der Waals surface area contributed by atoms with Gasteiger partial charge in [-0.25, -0.2) is 0 Å². The molecular formula is C25H23N5O3S2. The lowest BCUT2D eigenvalue weighted by molar-refractivity contribution is -0.113. The lowest BCUT2D eigenvalue weighted by Gasteiger charge is -2.10. The maximum atomic E-state index is 12.5. The Hall–Kier alpha value is -3.89. The van der Waals surface area contributed by atoms with Crippen molar-refractivity contribution in [1.29, 1.82) is 0 Å². The van der Waals surface area contributed by atoms with Crippen LogP contribution in [0.25, 0.3) is 0 Å². The third-order valence-corrected chi connectivity index (χ3v) is 6.79. The fourth-order valence-corrected chi connectivity index (χ4v) is 4.62. The highest BCUT2D eigenvalue weighted by Gasteiger charge is 2.11. The monoisotopic (exact) mass is 505 g/mol. The van der Waals surface area contributed by atoms with Gasteiger partial charge in [0.25, 0.3) is 5.91 Å². The van der Waals surface area contributed by atoms with Crippen LogP contribution in [0.1, 0.15) is 15.9 Å². The van der Waals surface area contributed by atoms with Gasteiger partial charge in [0.15, 0.2) is 4.34 Å². The molecule has 4 aromatic rings. The van der Waals surface area contributed by atoms with E-state index in [1.807, 2.05) is 43.3 Å². The number of thioether (sulfide) groups is 1. The van der Waals surface area contributed by atoms with E-state index in [4.69, 9.17) is 4.74 Å². The van der Waals surface area contributed by atoms with Crippen molar-refractivity contribution in [2.45, 2.75) is 11.3 Å². The first-order valence-corrected chi connectivity index (χ1v) is 12.4. The summed E-state index contributed by atoms with van der Waals surface area (Å²) in [6, 6.07) is 21.9. The summed E-state index contributed by atoms with van der Waals surface area (Å²) in [6.07, 6.45) is 0. The number of benzene rings is 3. The Labute approximate surface area is 211 Å². The number of para-hydroxylation sites is 2. The Bertz CT molecular complexity index is 1310. The number of anilines is 4. The van der Waals surface area contributed by atoms with Crippen LogP contribution in [0.4, 0.5) is 22.2 Å². The fraction of sp³-hybridized carbons (Fsp3) is 0.120. The van der Waals surface area contributed by atoms with Gasteiger partial charge < -0.3 is 20.7 Å². The minimum absolute atomic E-state index is 0.176. The molecule has 0 aliphatic rings. The molecule has 10 heteroatoms. The van der Waals surface area contributed by atoms with Crippen molar-refractivity contribution < 1.29 is 14.3 Å². The Morgan fingerprint density at radius 2 is 1.63 bits per heavy atom. The predicted octanol–water partition coefficient (Wildman–Crippen LogP) is 5.58. The van der Waals surface area contributed by atoms with E-state index in [-0.39, 0.29) is 17.6 Å². The minimum atomic E-state index is -0.269. The number of methoxy groups -OCH3 is 1. The van der Waals surface area contributed by atoms with Crippen LogP contribution in [0.3, 0.4) is 0 Å². The van der Waals surface area contributed by atoms with Crippen molar-refractivity contribution in [2.75, 3.05) is 28.8 Å². The standard InChI is InChI=1S/C25H23N5O3S2/c1-16-7-11-19(12-8-16)27-24-29-30-25(35-24)34-15-22(31)26-18-13-9-17(10-14-18)23(32)28-20-5-3-4-6-21(20)33-2/h3-14H,15H2,1-2H3,(H,26,31)(H,27,29)(H,28,32). The summed E-state index contributed by atoms with van der Waals surface area (Å²) in [7, 11) is 1.55. The van der Waals surface area contributed by atoms with Crippen molar-refractivity contribution in [3.8, 4) is 5.75 Å². The largest absolute Gasteiger partial charge is 0.495 e. The molecule has 0 saturated carbocycles. The fourth-order valence-electron chi connectivity index (χ4n) is 3.05. The molecule has 0 aliphatic carbocycles. The number of hydrogen-bond donors (Lipinski definition) is 3. The normalized spacial score (nSPS) is 10.5. The number of hydrogen-bond acceptors (Lipinski definition) is 8. The van der Waals surface area contributed by atoms with E-state index in [1.54, 1.807) is 43.5 Å². The van der Waals surface area contributed by atoms with Crippen molar-refractivity contribution in [1.82, 2.24) is 10.2 Å². The maximum Gasteiger partial charge on any atom is 0.255 e. The van der Waals surface area contributed by atoms with Crippen LogP contribution >= 0.6 is 23.1 Å². The molecule has 0 unspecified atom stereocenters. The van der Waals surface area contributed by atoms with Crippen LogP contribution in [0.15, 0.2) is 77.1 Å². The van der Waals surface area contributed by atoms with Gasteiger partial charge in [0, 0.05) is 16.9 Å². The van der Waals surface area contributed by atoms with Gasteiger partial charge in [0.1, 0.15) is 5.75 Å². The SMILES string of the molecule is COc1ccccc1NC(=O)c1ccc(NC(=O)CSc2nnc(Nc3ccc(C)cc3)s2)cc1. The first-order chi connectivity index (χ1) is 17.0. The number of aryl methyl sites for hydroxylation is 1. The van der Waals surface area contributed by atoms with Crippen LogP contribution in [0.5, 0.6) is 5.75 Å². The van der Waals surface area contributed by atoms with Crippen LogP contribution < -0.4 is 20.7 Å². The van der Waals surface area contributed by atoms with E-state index in [0.717, 1.165) is 5.69 Å². The Morgan fingerprint density at radius 1 is 0.914 bits per heavy atom. The van der Waals surface area contributed by atoms with E-state index < -0.39 is 0 Å². The second kappa shape index (κ2) is 11.5. The summed E-state index contributed by atoms with van der Waals surface area (Å²) in [5.74, 6) is 0.323. The summed E-state index contributed by atoms with van der Waals surface area (Å²) in [6.45, 7) is 2.03. The molecule has 35 heavy (non-hydrogen) atoms. The predicted molar refractivity (Wildman–Crippen MR) is 141 cm³/mol. The number of nitrogens with zero attached hydrogens (tertiary/aromatic N) is 2. The van der Waals surface area contributed by atoms with Crippen molar-refractivity contribution in [2.24, 2.45) is 0 Å². The smallest absolute Gasteiger partial charge is 0.255 e. The highest BCUT2D eigenvalue weighted by molar-refractivity contribution is 8.01. The third kappa shape index (κ3) is 6.81. The van der Waals surface area contributed by atoms with Gasteiger partial charge in [-0.15, -0.1) is 10.2 Å². The van der Waals surface area contributed by atoms with Gasteiger partial charge in [-0.2, -0.15) is 0 Å². The average Bonchev–Trinajstić information content (AvgIpc) is 3.32. The van der Waals surface area contributed by atoms with E-state index in [9.17, 15) is 9.59 Å². The lowest BCUT2D eigenvalue weighted by Crippen LogP contribution is -2.15. The first kappa shape index (κ1) is 24.2. The summed E-state index contributed by atoms with van der Waals surface area (Å²) >= 11 is 2.70. The molecule has 1 aromatic heterocycles. The topological polar surface area (TPSA) is 105 Å². The lowest BCUT2D eigenvalue weighted by atomic mass is 10.2. The summed E-state index contributed by atoms with van der Waals surface area (Å²) < 4.78 is 5.95. The molecule has 0 radical (unpaired) electrons.